The summed E-state index contributed by atoms with van der Waals surface area (Å²) < 4.78 is 0. The second-order valence-corrected chi connectivity index (χ2v) is 5.41. The molecule has 3 nitrogen and oxygen atoms in total. The fourth-order valence-corrected chi connectivity index (χ4v) is 2.59. The van der Waals surface area contributed by atoms with Crippen LogP contribution in [-0.2, 0) is 4.79 Å². The van der Waals surface area contributed by atoms with Crippen molar-refractivity contribution >= 4 is 5.91 Å². The highest BCUT2D eigenvalue weighted by Gasteiger charge is 2.36. The lowest BCUT2D eigenvalue weighted by atomic mass is 9.97. The van der Waals surface area contributed by atoms with Gasteiger partial charge in [-0.25, -0.2) is 0 Å². The molecule has 2 atom stereocenters. The molecule has 18 heavy (non-hydrogen) atoms. The third-order valence-electron chi connectivity index (χ3n) is 3.87. The fraction of sp³-hybridized carbons (Fsp3) is 0.533. The van der Waals surface area contributed by atoms with Crippen LogP contribution < -0.4 is 10.6 Å². The van der Waals surface area contributed by atoms with Crippen LogP contribution in [0.4, 0.5) is 0 Å². The highest BCUT2D eigenvalue weighted by Crippen LogP contribution is 2.22. The molecule has 0 aromatic heterocycles. The van der Waals surface area contributed by atoms with Crippen LogP contribution in [0.1, 0.15) is 43.9 Å². The van der Waals surface area contributed by atoms with E-state index in [-0.39, 0.29) is 11.9 Å². The van der Waals surface area contributed by atoms with Crippen LogP contribution in [0.15, 0.2) is 24.3 Å². The van der Waals surface area contributed by atoms with Crippen LogP contribution in [0, 0.1) is 6.92 Å². The first-order valence-electron chi connectivity index (χ1n) is 6.64. The molecule has 1 saturated heterocycles. The Balaban J connectivity index is 2.06. The summed E-state index contributed by atoms with van der Waals surface area (Å²) in [6, 6.07) is 8.24. The van der Waals surface area contributed by atoms with E-state index in [0.717, 1.165) is 19.4 Å². The Labute approximate surface area is 109 Å². The Morgan fingerprint density at radius 2 is 2.17 bits per heavy atom. The number of carbonyl (C=O) groups excluding carboxylic acids is 1. The highest BCUT2D eigenvalue weighted by atomic mass is 16.2. The highest BCUT2D eigenvalue weighted by molar-refractivity contribution is 5.86. The standard InChI is InChI=1S/C15H22N2O/c1-11-7-4-5-8-13(11)12(2)17-14(18)15(3)9-6-10-16-15/h4-5,7-8,12,16H,6,9-10H2,1-3H3,(H,17,18). The van der Waals surface area contributed by atoms with Crippen molar-refractivity contribution in [3.05, 3.63) is 35.4 Å². The van der Waals surface area contributed by atoms with Crippen LogP contribution in [0.3, 0.4) is 0 Å². The van der Waals surface area contributed by atoms with Gasteiger partial charge in [0.05, 0.1) is 11.6 Å². The minimum Gasteiger partial charge on any atom is -0.348 e. The van der Waals surface area contributed by atoms with Crippen molar-refractivity contribution in [1.29, 1.82) is 0 Å². The number of benzene rings is 1. The van der Waals surface area contributed by atoms with E-state index in [0.29, 0.717) is 0 Å². The van der Waals surface area contributed by atoms with Gasteiger partial charge in [-0.15, -0.1) is 0 Å². The molecule has 1 aliphatic rings. The summed E-state index contributed by atoms with van der Waals surface area (Å²) in [5.74, 6) is 0.107. The normalized spacial score (nSPS) is 24.8. The van der Waals surface area contributed by atoms with Crippen LogP contribution in [0.2, 0.25) is 0 Å². The van der Waals surface area contributed by atoms with Gasteiger partial charge in [-0.2, -0.15) is 0 Å². The van der Waals surface area contributed by atoms with Gasteiger partial charge in [0, 0.05) is 0 Å². The molecule has 3 heteroatoms. The molecule has 0 saturated carbocycles. The van der Waals surface area contributed by atoms with E-state index < -0.39 is 5.54 Å². The molecule has 0 spiro atoms. The van der Waals surface area contributed by atoms with Gasteiger partial charge in [0.25, 0.3) is 0 Å². The lowest BCUT2D eigenvalue weighted by Gasteiger charge is -2.26. The van der Waals surface area contributed by atoms with Crippen molar-refractivity contribution in [2.75, 3.05) is 6.54 Å². The second-order valence-electron chi connectivity index (χ2n) is 5.41. The molecule has 1 heterocycles. The first kappa shape index (κ1) is 13.1. The van der Waals surface area contributed by atoms with E-state index in [4.69, 9.17) is 0 Å². The Morgan fingerprint density at radius 3 is 2.78 bits per heavy atom. The monoisotopic (exact) mass is 246 g/mol. The summed E-state index contributed by atoms with van der Waals surface area (Å²) in [6.07, 6.45) is 1.99. The van der Waals surface area contributed by atoms with E-state index in [2.05, 4.69) is 29.7 Å². The van der Waals surface area contributed by atoms with Gasteiger partial charge >= 0.3 is 0 Å². The van der Waals surface area contributed by atoms with Crippen molar-refractivity contribution in [3.63, 3.8) is 0 Å². The third kappa shape index (κ3) is 2.56. The van der Waals surface area contributed by atoms with Gasteiger partial charge in [0.1, 0.15) is 0 Å². The SMILES string of the molecule is Cc1ccccc1C(C)NC(=O)C1(C)CCCN1. The van der Waals surface area contributed by atoms with Crippen molar-refractivity contribution < 1.29 is 4.79 Å². The molecule has 0 aliphatic carbocycles. The molecule has 2 rings (SSSR count). The van der Waals surface area contributed by atoms with Crippen LogP contribution in [-0.4, -0.2) is 18.0 Å². The Bertz CT molecular complexity index is 436. The zero-order chi connectivity index (χ0) is 13.2. The van der Waals surface area contributed by atoms with Crippen molar-refractivity contribution in [3.8, 4) is 0 Å². The van der Waals surface area contributed by atoms with E-state index in [1.54, 1.807) is 0 Å². The third-order valence-corrected chi connectivity index (χ3v) is 3.87. The maximum Gasteiger partial charge on any atom is 0.240 e. The van der Waals surface area contributed by atoms with Gasteiger partial charge in [0.15, 0.2) is 0 Å². The number of carbonyl (C=O) groups is 1. The summed E-state index contributed by atoms with van der Waals surface area (Å²) in [4.78, 5) is 12.3. The minimum atomic E-state index is -0.392. The first-order valence-corrected chi connectivity index (χ1v) is 6.64. The van der Waals surface area contributed by atoms with Crippen molar-refractivity contribution in [2.24, 2.45) is 0 Å². The quantitative estimate of drug-likeness (QED) is 0.859. The smallest absolute Gasteiger partial charge is 0.240 e. The predicted octanol–water partition coefficient (Wildman–Crippen LogP) is 2.31. The number of aryl methyl sites for hydroxylation is 1. The molecule has 0 bridgehead atoms. The molecule has 1 fully saturated rings. The zero-order valence-corrected chi connectivity index (χ0v) is 11.4. The topological polar surface area (TPSA) is 41.1 Å². The van der Waals surface area contributed by atoms with E-state index in [1.807, 2.05) is 26.0 Å². The molecule has 98 valence electrons. The summed E-state index contributed by atoms with van der Waals surface area (Å²) in [5.41, 5.74) is 2.01. The average molecular weight is 246 g/mol. The zero-order valence-electron chi connectivity index (χ0n) is 11.4. The largest absolute Gasteiger partial charge is 0.348 e. The molecule has 1 aromatic rings. The van der Waals surface area contributed by atoms with Crippen LogP contribution in [0.25, 0.3) is 0 Å². The lowest BCUT2D eigenvalue weighted by molar-refractivity contribution is -0.127. The Kier molecular flexibility index (Phi) is 3.71. The van der Waals surface area contributed by atoms with Gasteiger partial charge in [-0.05, 0) is 51.3 Å². The molecular weight excluding hydrogens is 224 g/mol. The second kappa shape index (κ2) is 5.11. The lowest BCUT2D eigenvalue weighted by Crippen LogP contribution is -2.51. The van der Waals surface area contributed by atoms with Crippen LogP contribution in [0.5, 0.6) is 0 Å². The Hall–Kier alpha value is -1.35. The minimum absolute atomic E-state index is 0.0536. The number of amides is 1. The maximum absolute atomic E-state index is 12.3. The molecular formula is C15H22N2O. The van der Waals surface area contributed by atoms with Gasteiger partial charge in [-0.3, -0.25) is 4.79 Å². The number of hydrogen-bond donors (Lipinski definition) is 2. The van der Waals surface area contributed by atoms with Gasteiger partial charge in [-0.1, -0.05) is 24.3 Å². The number of hydrogen-bond acceptors (Lipinski definition) is 2. The maximum atomic E-state index is 12.3. The average Bonchev–Trinajstić information content (AvgIpc) is 2.78. The molecule has 1 aliphatic heterocycles. The molecule has 2 N–H and O–H groups in total. The fourth-order valence-electron chi connectivity index (χ4n) is 2.59. The summed E-state index contributed by atoms with van der Waals surface area (Å²) in [6.45, 7) is 7.04. The molecule has 1 aromatic carbocycles. The first-order chi connectivity index (χ1) is 8.53. The van der Waals surface area contributed by atoms with Crippen LogP contribution >= 0.6 is 0 Å². The number of nitrogens with one attached hydrogen (secondary N) is 2. The predicted molar refractivity (Wildman–Crippen MR) is 73.4 cm³/mol. The van der Waals surface area contributed by atoms with Crippen molar-refractivity contribution in [2.45, 2.75) is 45.2 Å². The molecule has 2 unspecified atom stereocenters. The molecule has 0 radical (unpaired) electrons. The van der Waals surface area contributed by atoms with E-state index in [1.165, 1.54) is 11.1 Å². The summed E-state index contributed by atoms with van der Waals surface area (Å²) in [5, 5.41) is 6.41. The van der Waals surface area contributed by atoms with E-state index in [9.17, 15) is 4.79 Å². The summed E-state index contributed by atoms with van der Waals surface area (Å²) >= 11 is 0. The number of rotatable bonds is 3. The van der Waals surface area contributed by atoms with Crippen molar-refractivity contribution in [1.82, 2.24) is 10.6 Å². The summed E-state index contributed by atoms with van der Waals surface area (Å²) in [7, 11) is 0. The van der Waals surface area contributed by atoms with Gasteiger partial charge in [0.2, 0.25) is 5.91 Å². The van der Waals surface area contributed by atoms with Gasteiger partial charge < -0.3 is 10.6 Å². The van der Waals surface area contributed by atoms with E-state index >= 15 is 0 Å². The molecule has 1 amide bonds. The Morgan fingerprint density at radius 1 is 1.44 bits per heavy atom.